The van der Waals surface area contributed by atoms with E-state index in [1.807, 2.05) is 5.70 Å². The van der Waals surface area contributed by atoms with Crippen molar-refractivity contribution in [1.82, 2.24) is 0 Å². The van der Waals surface area contributed by atoms with E-state index in [0.717, 1.165) is 0 Å². The average Bonchev–Trinajstić information content (AvgIpc) is 2.98. The van der Waals surface area contributed by atoms with E-state index in [9.17, 15) is 4.79 Å². The zero-order chi connectivity index (χ0) is 31.2. The molecule has 1 unspecified atom stereocenters. The summed E-state index contributed by atoms with van der Waals surface area (Å²) in [7, 11) is -4.45. The predicted octanol–water partition coefficient (Wildman–Crippen LogP) is 0.760. The van der Waals surface area contributed by atoms with Crippen LogP contribution in [0.3, 0.4) is 0 Å². The maximum absolute atomic E-state index is 12.1. The molecule has 0 heterocycles. The van der Waals surface area contributed by atoms with Crippen molar-refractivity contribution in [3.05, 3.63) is 62.1 Å². The highest BCUT2D eigenvalue weighted by atomic mass is 28.5. The Morgan fingerprint density at radius 2 is 1.15 bits per heavy atom. The number of hydrogen-bond donors (Lipinski definition) is 0. The van der Waals surface area contributed by atoms with E-state index < -0.39 is 47.7 Å². The Labute approximate surface area is 245 Å². The van der Waals surface area contributed by atoms with Crippen molar-refractivity contribution < 1.29 is 62.8 Å². The maximum atomic E-state index is 12.1. The first kappa shape index (κ1) is 45.8. The summed E-state index contributed by atoms with van der Waals surface area (Å²) in [4.78, 5) is 12.1. The van der Waals surface area contributed by atoms with Gasteiger partial charge in [0.2, 0.25) is 0 Å². The highest BCUT2D eigenvalue weighted by Gasteiger charge is 2.63. The van der Waals surface area contributed by atoms with Crippen LogP contribution in [0.25, 0.3) is 0 Å². The van der Waals surface area contributed by atoms with Crippen LogP contribution in [0.5, 0.6) is 0 Å². The number of carbonyl (C=O) groups excluding carboxylic acids is 1. The molecule has 19 heteroatoms. The number of esters is 1. The summed E-state index contributed by atoms with van der Waals surface area (Å²) in [6, 6.07) is 0. The molecule has 0 aliphatic heterocycles. The molecule has 0 aliphatic carbocycles. The van der Waals surface area contributed by atoms with Crippen LogP contribution in [0.4, 0.5) is 0 Å². The van der Waals surface area contributed by atoms with E-state index >= 15 is 0 Å². The summed E-state index contributed by atoms with van der Waals surface area (Å²) in [5, 5.41) is 0. The molecule has 14 nitrogen and oxygen atoms in total. The van der Waals surface area contributed by atoms with Crippen molar-refractivity contribution in [3.63, 3.8) is 0 Å². The van der Waals surface area contributed by atoms with Gasteiger partial charge >= 0.3 is 41.4 Å². The van der Waals surface area contributed by atoms with E-state index in [1.165, 1.54) is 68.1 Å². The quantitative estimate of drug-likeness (QED) is 0.0778. The molecule has 40 heavy (non-hydrogen) atoms. The molecule has 236 valence electrons. The summed E-state index contributed by atoms with van der Waals surface area (Å²) in [5.41, 5.74) is 4.72. The molecule has 0 aromatic heterocycles. The van der Waals surface area contributed by atoms with Gasteiger partial charge in [-0.05, 0) is 18.3 Å². The lowest BCUT2D eigenvalue weighted by molar-refractivity contribution is -0.138. The van der Waals surface area contributed by atoms with Crippen LogP contribution < -0.4 is 0 Å². The largest absolute Gasteiger partial charge is 0.664 e. The SMILES string of the molecule is C=C.C=C[SiH2]OC.C=C[Si](OC)(OC)O[Si](COC(=O)C(=C)C)(OC)O[Si](OC)(OC)O[Si](C=C)(OC)OC.O. The molecule has 0 bridgehead atoms. The first-order valence-electron chi connectivity index (χ1n) is 11.1. The number of hydrogen-bond acceptors (Lipinski definition) is 13. The van der Waals surface area contributed by atoms with Gasteiger partial charge in [0.05, 0.1) is 0 Å². The zero-order valence-corrected chi connectivity index (χ0v) is 30.6. The summed E-state index contributed by atoms with van der Waals surface area (Å²) in [5.74, 6) is -0.696. The molecule has 0 saturated heterocycles. The highest BCUT2D eigenvalue weighted by Crippen LogP contribution is 2.27. The third-order valence-electron chi connectivity index (χ3n) is 4.31. The van der Waals surface area contributed by atoms with Gasteiger partial charge in [-0.25, -0.2) is 4.79 Å². The number of ether oxygens (including phenoxy) is 1. The molecule has 0 aromatic rings. The Balaban J connectivity index is -0.000000723. The molecular weight excluding hydrogens is 617 g/mol. The molecule has 0 saturated carbocycles. The van der Waals surface area contributed by atoms with Gasteiger partial charge < -0.3 is 58.0 Å². The van der Waals surface area contributed by atoms with Gasteiger partial charge in [0, 0.05) is 62.5 Å². The highest BCUT2D eigenvalue weighted by molar-refractivity contribution is 6.83. The fourth-order valence-electron chi connectivity index (χ4n) is 2.22. The normalized spacial score (nSPS) is 12.9. The van der Waals surface area contributed by atoms with Crippen molar-refractivity contribution in [2.75, 3.05) is 63.1 Å². The lowest BCUT2D eigenvalue weighted by atomic mass is 10.4. The fourth-order valence-corrected chi connectivity index (χ4v) is 14.3. The van der Waals surface area contributed by atoms with Crippen molar-refractivity contribution in [2.45, 2.75) is 6.92 Å². The lowest BCUT2D eigenvalue weighted by Crippen LogP contribution is -2.68. The molecule has 0 radical (unpaired) electrons. The summed E-state index contributed by atoms with van der Waals surface area (Å²) < 4.78 is 66.5. The molecule has 0 spiro atoms. The van der Waals surface area contributed by atoms with Crippen LogP contribution in [0.15, 0.2) is 62.1 Å². The van der Waals surface area contributed by atoms with Gasteiger partial charge in [-0.1, -0.05) is 25.4 Å². The second-order valence-electron chi connectivity index (χ2n) is 6.63. The van der Waals surface area contributed by atoms with Gasteiger partial charge in [0.25, 0.3) is 0 Å². The van der Waals surface area contributed by atoms with E-state index in [-0.39, 0.29) is 20.8 Å². The van der Waals surface area contributed by atoms with Gasteiger partial charge in [-0.2, -0.15) is 0 Å². The van der Waals surface area contributed by atoms with Crippen molar-refractivity contribution in [2.24, 2.45) is 0 Å². The van der Waals surface area contributed by atoms with E-state index in [2.05, 4.69) is 39.5 Å². The predicted molar refractivity (Wildman–Crippen MR) is 162 cm³/mol. The minimum absolute atomic E-state index is 0. The summed E-state index contributed by atoms with van der Waals surface area (Å²) in [6.45, 7) is 21.9. The van der Waals surface area contributed by atoms with Crippen LogP contribution in [0, 0.1) is 0 Å². The molecule has 2 N–H and O–H groups in total. The van der Waals surface area contributed by atoms with Crippen LogP contribution in [0.1, 0.15) is 6.92 Å². The first-order valence-corrected chi connectivity index (χ1v) is 19.6. The van der Waals surface area contributed by atoms with Crippen molar-refractivity contribution in [3.8, 4) is 0 Å². The number of carbonyl (C=O) groups is 1. The topological polar surface area (TPSA) is 159 Å². The van der Waals surface area contributed by atoms with E-state index in [0.29, 0.717) is 0 Å². The minimum atomic E-state index is -4.12. The van der Waals surface area contributed by atoms with Crippen molar-refractivity contribution in [1.29, 1.82) is 0 Å². The Hall–Kier alpha value is -1.23. The van der Waals surface area contributed by atoms with Gasteiger partial charge in [-0.3, -0.25) is 0 Å². The second kappa shape index (κ2) is 24.4. The first-order chi connectivity index (χ1) is 18.4. The van der Waals surface area contributed by atoms with Crippen LogP contribution >= 0.6 is 0 Å². The zero-order valence-electron chi connectivity index (χ0n) is 25.2. The van der Waals surface area contributed by atoms with Gasteiger partial charge in [0.1, 0.15) is 0 Å². The molecule has 0 aromatic carbocycles. The standard InChI is InChI=1S/C16H34O12Si4.C3H8OSi.C2H4.H2O/c1-12-29(18-5,19-6)26-31(22-9,14-25-16(17)15(3)4)28-32(23-10,24-11)27-30(13-2,20-7)21-8;1-3-5-4-2;1-2;/h12-13H,1-3,14H2,4-11H3;3H,1,5H2,2H3;1-2H2;1H2. The second-order valence-corrected chi connectivity index (χ2v) is 19.3. The lowest BCUT2D eigenvalue weighted by Gasteiger charge is -2.40. The Morgan fingerprint density at radius 3 is 1.40 bits per heavy atom. The molecule has 0 amide bonds. The molecule has 0 aliphatic rings. The third-order valence-corrected chi connectivity index (χ3v) is 17.0. The smallest absolute Gasteiger partial charge is 0.458 e. The van der Waals surface area contributed by atoms with Crippen molar-refractivity contribution >= 4 is 51.2 Å². The molecular formula is C21H48O14Si5. The average molecular weight is 665 g/mol. The van der Waals surface area contributed by atoms with Gasteiger partial charge in [0.15, 0.2) is 16.0 Å². The van der Waals surface area contributed by atoms with E-state index in [1.54, 1.807) is 7.11 Å². The Bertz CT molecular complexity index is 733. The van der Waals surface area contributed by atoms with E-state index in [4.69, 9.17) is 52.5 Å². The van der Waals surface area contributed by atoms with Crippen LogP contribution in [-0.2, 0) is 57.3 Å². The summed E-state index contributed by atoms with van der Waals surface area (Å²) in [6.07, 6.45) is -0.474. The molecule has 0 rings (SSSR count). The number of rotatable bonds is 20. The Morgan fingerprint density at radius 1 is 0.725 bits per heavy atom. The molecule has 0 fully saturated rings. The van der Waals surface area contributed by atoms with Crippen LogP contribution in [-0.4, -0.2) is 120 Å². The van der Waals surface area contributed by atoms with Gasteiger partial charge in [-0.15, -0.1) is 19.7 Å². The minimum Gasteiger partial charge on any atom is -0.458 e. The summed E-state index contributed by atoms with van der Waals surface area (Å²) >= 11 is 0. The fraction of sp³-hybridized carbons (Fsp3) is 0.476. The Kier molecular flexibility index (Phi) is 27.9. The van der Waals surface area contributed by atoms with Crippen LogP contribution in [0.2, 0.25) is 0 Å². The third kappa shape index (κ3) is 15.1. The molecule has 1 atom stereocenters. The monoisotopic (exact) mass is 664 g/mol. The maximum Gasteiger partial charge on any atom is 0.664 e.